The van der Waals surface area contributed by atoms with Crippen molar-refractivity contribution in [2.24, 2.45) is 0 Å². The maximum atomic E-state index is 13.4. The van der Waals surface area contributed by atoms with Gasteiger partial charge in [0, 0.05) is 5.56 Å². The second-order valence-corrected chi connectivity index (χ2v) is 6.67. The summed E-state index contributed by atoms with van der Waals surface area (Å²) in [5, 5.41) is 10.9. The lowest BCUT2D eigenvalue weighted by atomic mass is 9.84. The van der Waals surface area contributed by atoms with E-state index >= 15 is 0 Å². The molecule has 2 aromatic rings. The molecule has 4 rings (SSSR count). The summed E-state index contributed by atoms with van der Waals surface area (Å²) >= 11 is 0. The molecule has 6 nitrogen and oxygen atoms in total. The highest BCUT2D eigenvalue weighted by atomic mass is 35.5. The minimum absolute atomic E-state index is 0. The second kappa shape index (κ2) is 6.69. The van der Waals surface area contributed by atoms with Gasteiger partial charge in [0.15, 0.2) is 0 Å². The highest BCUT2D eigenvalue weighted by Crippen LogP contribution is 2.40. The third-order valence-electron chi connectivity index (χ3n) is 5.18. The number of hydrogen-bond acceptors (Lipinski definition) is 5. The van der Waals surface area contributed by atoms with Crippen LogP contribution in [0.2, 0.25) is 0 Å². The summed E-state index contributed by atoms with van der Waals surface area (Å²) < 4.78 is 5.28. The standard InChI is InChI=1S/C18H22N4O2.ClH/c1-12-14(13(2)24-21-12)11-22-16-6-4-3-5-15(16)20-18(17(22)23)7-9-19-10-8-18;/h3-6,19-20H,7-11H2,1-2H3;1H. The Bertz CT molecular complexity index is 764. The average molecular weight is 363 g/mol. The van der Waals surface area contributed by atoms with E-state index in [0.29, 0.717) is 6.54 Å². The van der Waals surface area contributed by atoms with Gasteiger partial charge in [-0.15, -0.1) is 12.4 Å². The first-order valence-corrected chi connectivity index (χ1v) is 8.42. The van der Waals surface area contributed by atoms with Crippen molar-refractivity contribution >= 4 is 29.7 Å². The summed E-state index contributed by atoms with van der Waals surface area (Å²) in [6.45, 7) is 6.01. The van der Waals surface area contributed by atoms with Gasteiger partial charge in [0.25, 0.3) is 5.91 Å². The van der Waals surface area contributed by atoms with Gasteiger partial charge in [-0.1, -0.05) is 17.3 Å². The Kier molecular flexibility index (Phi) is 4.75. The van der Waals surface area contributed by atoms with E-state index in [2.05, 4.69) is 15.8 Å². The summed E-state index contributed by atoms with van der Waals surface area (Å²) in [6.07, 6.45) is 1.58. The first-order chi connectivity index (χ1) is 11.6. The predicted molar refractivity (Wildman–Crippen MR) is 99.3 cm³/mol. The molecule has 25 heavy (non-hydrogen) atoms. The maximum Gasteiger partial charge on any atom is 0.253 e. The number of nitrogens with zero attached hydrogens (tertiary/aromatic N) is 2. The second-order valence-electron chi connectivity index (χ2n) is 6.67. The summed E-state index contributed by atoms with van der Waals surface area (Å²) in [7, 11) is 0. The van der Waals surface area contributed by atoms with Gasteiger partial charge in [-0.2, -0.15) is 0 Å². The molecule has 2 N–H and O–H groups in total. The van der Waals surface area contributed by atoms with E-state index in [-0.39, 0.29) is 18.3 Å². The van der Waals surface area contributed by atoms with Gasteiger partial charge in [0.1, 0.15) is 11.3 Å². The smallest absolute Gasteiger partial charge is 0.253 e. The number of carbonyl (C=O) groups excluding carboxylic acids is 1. The van der Waals surface area contributed by atoms with Gasteiger partial charge in [-0.05, 0) is 51.9 Å². The van der Waals surface area contributed by atoms with Gasteiger partial charge in [0.2, 0.25) is 0 Å². The quantitative estimate of drug-likeness (QED) is 0.859. The number of para-hydroxylation sites is 2. The molecule has 2 aliphatic rings. The molecule has 7 heteroatoms. The van der Waals surface area contributed by atoms with Crippen LogP contribution < -0.4 is 15.5 Å². The number of halogens is 1. The molecule has 2 aliphatic heterocycles. The van der Waals surface area contributed by atoms with Gasteiger partial charge in [-0.25, -0.2) is 0 Å². The molecule has 1 spiro atoms. The zero-order chi connectivity index (χ0) is 16.7. The summed E-state index contributed by atoms with van der Waals surface area (Å²) in [4.78, 5) is 15.3. The van der Waals surface area contributed by atoms with Crippen molar-refractivity contribution in [2.75, 3.05) is 23.3 Å². The number of piperidine rings is 1. The van der Waals surface area contributed by atoms with Crippen molar-refractivity contribution in [1.82, 2.24) is 10.5 Å². The molecule has 0 aliphatic carbocycles. The van der Waals surface area contributed by atoms with E-state index in [0.717, 1.165) is 54.3 Å². The fourth-order valence-electron chi connectivity index (χ4n) is 3.73. The van der Waals surface area contributed by atoms with Crippen molar-refractivity contribution in [3.05, 3.63) is 41.3 Å². The number of aryl methyl sites for hydroxylation is 2. The van der Waals surface area contributed by atoms with Gasteiger partial charge in [-0.3, -0.25) is 4.79 Å². The third kappa shape index (κ3) is 2.89. The minimum atomic E-state index is -0.515. The SMILES string of the molecule is Cc1noc(C)c1CN1C(=O)C2(CCNCC2)Nc2ccccc21.Cl. The van der Waals surface area contributed by atoms with E-state index < -0.39 is 5.54 Å². The predicted octanol–water partition coefficient (Wildman–Crippen LogP) is 2.79. The molecule has 1 saturated heterocycles. The molecule has 1 aromatic carbocycles. The van der Waals surface area contributed by atoms with Gasteiger partial charge >= 0.3 is 0 Å². The summed E-state index contributed by atoms with van der Waals surface area (Å²) in [5.74, 6) is 0.915. The number of rotatable bonds is 2. The molecule has 1 fully saturated rings. The maximum absolute atomic E-state index is 13.4. The Morgan fingerprint density at radius 1 is 1.24 bits per heavy atom. The zero-order valence-electron chi connectivity index (χ0n) is 14.5. The lowest BCUT2D eigenvalue weighted by molar-refractivity contribution is -0.124. The molecule has 0 radical (unpaired) electrons. The first kappa shape index (κ1) is 17.8. The lowest BCUT2D eigenvalue weighted by Gasteiger charge is -2.45. The Morgan fingerprint density at radius 3 is 2.64 bits per heavy atom. The molecule has 0 unspecified atom stereocenters. The Morgan fingerprint density at radius 2 is 1.96 bits per heavy atom. The van der Waals surface area contributed by atoms with Crippen LogP contribution in [0.4, 0.5) is 11.4 Å². The normalized spacial score (nSPS) is 18.5. The van der Waals surface area contributed by atoms with Crippen LogP contribution in [0.5, 0.6) is 0 Å². The Balaban J connectivity index is 0.00000182. The van der Waals surface area contributed by atoms with E-state index in [4.69, 9.17) is 4.52 Å². The van der Waals surface area contributed by atoms with Crippen LogP contribution in [0.3, 0.4) is 0 Å². The number of hydrogen-bond donors (Lipinski definition) is 2. The molecule has 0 saturated carbocycles. The van der Waals surface area contributed by atoms with E-state index in [1.54, 1.807) is 0 Å². The van der Waals surface area contributed by atoms with E-state index in [9.17, 15) is 4.79 Å². The molecule has 0 atom stereocenters. The number of carbonyl (C=O) groups is 1. The van der Waals surface area contributed by atoms with Crippen LogP contribution in [-0.2, 0) is 11.3 Å². The highest BCUT2D eigenvalue weighted by molar-refractivity contribution is 6.07. The highest BCUT2D eigenvalue weighted by Gasteiger charge is 2.46. The Hall–Kier alpha value is -2.05. The number of amides is 1. The van der Waals surface area contributed by atoms with Crippen molar-refractivity contribution in [2.45, 2.75) is 38.8 Å². The van der Waals surface area contributed by atoms with Crippen LogP contribution in [0.1, 0.15) is 29.9 Å². The third-order valence-corrected chi connectivity index (χ3v) is 5.18. The molecular formula is C18H23ClN4O2. The fraction of sp³-hybridized carbons (Fsp3) is 0.444. The van der Waals surface area contributed by atoms with Crippen molar-refractivity contribution in [3.8, 4) is 0 Å². The molecule has 1 amide bonds. The molecule has 134 valence electrons. The summed E-state index contributed by atoms with van der Waals surface area (Å²) in [6, 6.07) is 8.01. The molecule has 1 aromatic heterocycles. The van der Waals surface area contributed by atoms with Crippen LogP contribution in [-0.4, -0.2) is 29.7 Å². The molecule has 3 heterocycles. The molecule has 0 bridgehead atoms. The van der Waals surface area contributed by atoms with Crippen LogP contribution in [0.15, 0.2) is 28.8 Å². The van der Waals surface area contributed by atoms with Crippen molar-refractivity contribution < 1.29 is 9.32 Å². The Labute approximate surface area is 153 Å². The lowest BCUT2D eigenvalue weighted by Crippen LogP contribution is -2.61. The van der Waals surface area contributed by atoms with Crippen LogP contribution >= 0.6 is 12.4 Å². The number of fused-ring (bicyclic) bond motifs is 1. The fourth-order valence-corrected chi connectivity index (χ4v) is 3.73. The largest absolute Gasteiger partial charge is 0.369 e. The van der Waals surface area contributed by atoms with Gasteiger partial charge in [0.05, 0.1) is 23.6 Å². The number of aromatic nitrogens is 1. The topological polar surface area (TPSA) is 70.4 Å². The number of benzene rings is 1. The van der Waals surface area contributed by atoms with Gasteiger partial charge < -0.3 is 20.1 Å². The van der Waals surface area contributed by atoms with Crippen molar-refractivity contribution in [1.29, 1.82) is 0 Å². The first-order valence-electron chi connectivity index (χ1n) is 8.42. The average Bonchev–Trinajstić information content (AvgIpc) is 2.91. The van der Waals surface area contributed by atoms with E-state index in [1.165, 1.54) is 0 Å². The number of anilines is 2. The monoisotopic (exact) mass is 362 g/mol. The zero-order valence-corrected chi connectivity index (χ0v) is 15.3. The van der Waals surface area contributed by atoms with Crippen LogP contribution in [0.25, 0.3) is 0 Å². The number of nitrogens with one attached hydrogen (secondary N) is 2. The van der Waals surface area contributed by atoms with Crippen molar-refractivity contribution in [3.63, 3.8) is 0 Å². The van der Waals surface area contributed by atoms with Crippen LogP contribution in [0, 0.1) is 13.8 Å². The minimum Gasteiger partial charge on any atom is -0.369 e. The summed E-state index contributed by atoms with van der Waals surface area (Å²) in [5.41, 5.74) is 3.26. The molecular weight excluding hydrogens is 340 g/mol. The van der Waals surface area contributed by atoms with E-state index in [1.807, 2.05) is 43.0 Å².